The highest BCUT2D eigenvalue weighted by atomic mass is 14.4. The number of hydrogen-bond donors (Lipinski definition) is 0. The summed E-state index contributed by atoms with van der Waals surface area (Å²) in [5, 5.41) is 0. The molecule has 0 saturated heterocycles. The van der Waals surface area contributed by atoms with Crippen LogP contribution in [0, 0.1) is 45.3 Å². The van der Waals surface area contributed by atoms with Gasteiger partial charge in [0.05, 0.1) is 0 Å². The second-order valence-corrected chi connectivity index (χ2v) is 13.4. The summed E-state index contributed by atoms with van der Waals surface area (Å²) in [5.74, 6) is 3.19. The Labute approximate surface area is 170 Å². The first-order valence-corrected chi connectivity index (χ1v) is 11.0. The van der Waals surface area contributed by atoms with Crippen molar-refractivity contribution < 1.29 is 0 Å². The highest BCUT2D eigenvalue weighted by Gasteiger charge is 2.30. The van der Waals surface area contributed by atoms with Crippen molar-refractivity contribution in [3.63, 3.8) is 0 Å². The molecule has 0 aromatic rings. The van der Waals surface area contributed by atoms with Crippen molar-refractivity contribution in [2.24, 2.45) is 45.3 Å². The predicted octanol–water partition coefficient (Wildman–Crippen LogP) is 9.73. The SMILES string of the molecule is CC(C(C)(C)C)C(C)(C)C.CC(C)C(C)(C)C.CC(C)C(C)C(C)(C)C. The molecule has 0 heterocycles. The summed E-state index contributed by atoms with van der Waals surface area (Å²) < 4.78 is 0. The molecule has 0 radical (unpaired) electrons. The average Bonchev–Trinajstić information content (AvgIpc) is 2.33. The fourth-order valence-corrected chi connectivity index (χ4v) is 2.30. The molecule has 0 aromatic carbocycles. The normalized spacial score (nSPS) is 14.7. The van der Waals surface area contributed by atoms with Gasteiger partial charge >= 0.3 is 0 Å². The summed E-state index contributed by atoms with van der Waals surface area (Å²) in [6.45, 7) is 41.3. The first-order chi connectivity index (χ1) is 11.0. The van der Waals surface area contributed by atoms with E-state index in [-0.39, 0.29) is 0 Å². The Morgan fingerprint density at radius 1 is 0.385 bits per heavy atom. The van der Waals surface area contributed by atoms with Gasteiger partial charge in [0.15, 0.2) is 0 Å². The van der Waals surface area contributed by atoms with Gasteiger partial charge in [-0.25, -0.2) is 0 Å². The van der Waals surface area contributed by atoms with Crippen LogP contribution >= 0.6 is 0 Å². The standard InChI is InChI=1S/C10H22.C9H20.C7H16/c1-8(9(2,3)4)10(5,6)7;1-7(2)8(3)9(4,5)6;1-6(2)7(3,4)5/h8H,1-7H3;7-8H,1-6H3;6H,1-5H3. The van der Waals surface area contributed by atoms with Gasteiger partial charge in [0, 0.05) is 0 Å². The lowest BCUT2D eigenvalue weighted by atomic mass is 9.68. The summed E-state index contributed by atoms with van der Waals surface area (Å²) in [5.41, 5.74) is 1.87. The molecule has 0 nitrogen and oxygen atoms in total. The van der Waals surface area contributed by atoms with Crippen LogP contribution in [0.4, 0.5) is 0 Å². The van der Waals surface area contributed by atoms with Crippen LogP contribution in [0.15, 0.2) is 0 Å². The molecule has 0 heteroatoms. The zero-order valence-corrected chi connectivity index (χ0v) is 22.3. The molecule has 0 aromatic heterocycles. The van der Waals surface area contributed by atoms with Gasteiger partial charge in [0.1, 0.15) is 0 Å². The van der Waals surface area contributed by atoms with Gasteiger partial charge < -0.3 is 0 Å². The van der Waals surface area contributed by atoms with Gasteiger partial charge in [0.25, 0.3) is 0 Å². The fraction of sp³-hybridized carbons (Fsp3) is 1.00. The van der Waals surface area contributed by atoms with Crippen molar-refractivity contribution in [1.82, 2.24) is 0 Å². The Hall–Kier alpha value is 0. The smallest absolute Gasteiger partial charge is 0.0345 e. The molecule has 0 spiro atoms. The summed E-state index contributed by atoms with van der Waals surface area (Å²) in [7, 11) is 0. The van der Waals surface area contributed by atoms with Crippen molar-refractivity contribution in [2.75, 3.05) is 0 Å². The van der Waals surface area contributed by atoms with Crippen LogP contribution in [0.5, 0.6) is 0 Å². The average molecular weight is 371 g/mol. The van der Waals surface area contributed by atoms with E-state index >= 15 is 0 Å². The third-order valence-corrected chi connectivity index (χ3v) is 6.70. The van der Waals surface area contributed by atoms with E-state index in [4.69, 9.17) is 0 Å². The van der Waals surface area contributed by atoms with Gasteiger partial charge in [-0.05, 0) is 45.3 Å². The number of hydrogen-bond acceptors (Lipinski definition) is 0. The van der Waals surface area contributed by atoms with E-state index in [0.717, 1.165) is 23.7 Å². The minimum atomic E-state index is 0.443. The van der Waals surface area contributed by atoms with Crippen LogP contribution in [0.2, 0.25) is 0 Å². The van der Waals surface area contributed by atoms with E-state index in [9.17, 15) is 0 Å². The van der Waals surface area contributed by atoms with Gasteiger partial charge in [-0.2, -0.15) is 0 Å². The Kier molecular flexibility index (Phi) is 13.1. The maximum Gasteiger partial charge on any atom is -0.0345 e. The molecule has 162 valence electrons. The third-order valence-electron chi connectivity index (χ3n) is 6.70. The maximum absolute atomic E-state index is 2.33. The Morgan fingerprint density at radius 3 is 0.615 bits per heavy atom. The zero-order chi connectivity index (χ0) is 22.3. The second kappa shape index (κ2) is 11.1. The number of rotatable bonds is 1. The largest absolute Gasteiger partial charge is 0.0625 e. The molecule has 1 atom stereocenters. The molecule has 0 aliphatic heterocycles. The van der Waals surface area contributed by atoms with Crippen molar-refractivity contribution in [2.45, 2.75) is 125 Å². The van der Waals surface area contributed by atoms with Crippen LogP contribution in [-0.2, 0) is 0 Å². The molecule has 1 unspecified atom stereocenters. The van der Waals surface area contributed by atoms with E-state index < -0.39 is 0 Å². The monoisotopic (exact) mass is 370 g/mol. The van der Waals surface area contributed by atoms with Gasteiger partial charge in [0.2, 0.25) is 0 Å². The Bertz CT molecular complexity index is 316. The highest BCUT2D eigenvalue weighted by molar-refractivity contribution is 4.79. The van der Waals surface area contributed by atoms with Crippen LogP contribution in [0.25, 0.3) is 0 Å². The van der Waals surface area contributed by atoms with Crippen molar-refractivity contribution in [3.8, 4) is 0 Å². The summed E-state index contributed by atoms with van der Waals surface area (Å²) >= 11 is 0. The minimum absolute atomic E-state index is 0.443. The van der Waals surface area contributed by atoms with Crippen molar-refractivity contribution in [3.05, 3.63) is 0 Å². The molecule has 0 N–H and O–H groups in total. The molecular weight excluding hydrogens is 312 g/mol. The molecule has 0 amide bonds. The van der Waals surface area contributed by atoms with E-state index in [0.29, 0.717) is 21.7 Å². The van der Waals surface area contributed by atoms with Crippen LogP contribution < -0.4 is 0 Å². The molecular formula is C26H58. The van der Waals surface area contributed by atoms with Crippen LogP contribution in [-0.4, -0.2) is 0 Å². The van der Waals surface area contributed by atoms with Crippen LogP contribution in [0.3, 0.4) is 0 Å². The Morgan fingerprint density at radius 2 is 0.615 bits per heavy atom. The molecule has 0 fully saturated rings. The lowest BCUT2D eigenvalue weighted by Gasteiger charge is -2.38. The lowest BCUT2D eigenvalue weighted by Crippen LogP contribution is -2.29. The van der Waals surface area contributed by atoms with Gasteiger partial charge in [-0.3, -0.25) is 0 Å². The van der Waals surface area contributed by atoms with Gasteiger partial charge in [-0.1, -0.05) is 125 Å². The topological polar surface area (TPSA) is 0 Å². The summed E-state index contributed by atoms with van der Waals surface area (Å²) in [6.07, 6.45) is 0. The summed E-state index contributed by atoms with van der Waals surface area (Å²) in [6, 6.07) is 0. The quantitative estimate of drug-likeness (QED) is 0.431. The molecule has 0 bridgehead atoms. The molecule has 0 rings (SSSR count). The fourth-order valence-electron chi connectivity index (χ4n) is 2.30. The Balaban J connectivity index is -0.000000310. The zero-order valence-electron chi connectivity index (χ0n) is 22.3. The molecule has 0 aliphatic rings. The first kappa shape index (κ1) is 30.7. The van der Waals surface area contributed by atoms with E-state index in [1.165, 1.54) is 0 Å². The molecule has 0 saturated carbocycles. The predicted molar refractivity (Wildman–Crippen MR) is 126 cm³/mol. The lowest BCUT2D eigenvalue weighted by molar-refractivity contribution is 0.121. The minimum Gasteiger partial charge on any atom is -0.0625 e. The van der Waals surface area contributed by atoms with Crippen molar-refractivity contribution >= 4 is 0 Å². The van der Waals surface area contributed by atoms with Crippen molar-refractivity contribution in [1.29, 1.82) is 0 Å². The maximum atomic E-state index is 2.33. The highest BCUT2D eigenvalue weighted by Crippen LogP contribution is 2.38. The van der Waals surface area contributed by atoms with E-state index in [2.05, 4.69) is 125 Å². The van der Waals surface area contributed by atoms with E-state index in [1.54, 1.807) is 0 Å². The molecule has 26 heavy (non-hydrogen) atoms. The van der Waals surface area contributed by atoms with Crippen LogP contribution in [0.1, 0.15) is 125 Å². The van der Waals surface area contributed by atoms with E-state index in [1.807, 2.05) is 0 Å². The first-order valence-electron chi connectivity index (χ1n) is 11.0. The second-order valence-electron chi connectivity index (χ2n) is 13.4. The molecule has 0 aliphatic carbocycles. The van der Waals surface area contributed by atoms with Gasteiger partial charge in [-0.15, -0.1) is 0 Å². The third kappa shape index (κ3) is 16.2. The summed E-state index contributed by atoms with van der Waals surface area (Å²) in [4.78, 5) is 0.